The van der Waals surface area contributed by atoms with Crippen molar-refractivity contribution < 1.29 is 9.47 Å². The summed E-state index contributed by atoms with van der Waals surface area (Å²) in [6.45, 7) is 16.3. The van der Waals surface area contributed by atoms with E-state index in [1.807, 2.05) is 71.9 Å². The summed E-state index contributed by atoms with van der Waals surface area (Å²) in [5, 5.41) is 5.10. The molecule has 0 N–H and O–H groups in total. The predicted octanol–water partition coefficient (Wildman–Crippen LogP) is 6.25. The van der Waals surface area contributed by atoms with Crippen LogP contribution in [0.15, 0.2) is 57.4 Å². The van der Waals surface area contributed by atoms with E-state index in [9.17, 15) is 4.79 Å². The van der Waals surface area contributed by atoms with Crippen LogP contribution in [-0.2, 0) is 11.8 Å². The molecule has 7 heteroatoms. The van der Waals surface area contributed by atoms with Crippen LogP contribution in [0.25, 0.3) is 10.9 Å². The summed E-state index contributed by atoms with van der Waals surface area (Å²) in [6, 6.07) is 9.36. The number of hydrogen-bond acceptors (Lipinski definition) is 5. The SMILES string of the molecule is C=CCc1cc(C=Nn2c(C(C)(C)C)nc3ccc(Br)cc3c2=O)cc(OCC)c1OC(C)C. The van der Waals surface area contributed by atoms with Crippen molar-refractivity contribution in [3.63, 3.8) is 0 Å². The molecule has 6 nitrogen and oxygen atoms in total. The van der Waals surface area contributed by atoms with E-state index in [1.54, 1.807) is 12.3 Å². The van der Waals surface area contributed by atoms with Gasteiger partial charge in [-0.15, -0.1) is 6.58 Å². The average molecular weight is 526 g/mol. The molecule has 0 saturated heterocycles. The minimum absolute atomic E-state index is 0.00166. The van der Waals surface area contributed by atoms with Crippen LogP contribution < -0.4 is 15.0 Å². The Kier molecular flexibility index (Phi) is 7.97. The van der Waals surface area contributed by atoms with E-state index in [0.29, 0.717) is 41.3 Å². The number of rotatable bonds is 8. The van der Waals surface area contributed by atoms with Crippen molar-refractivity contribution in [3.8, 4) is 11.5 Å². The lowest BCUT2D eigenvalue weighted by Crippen LogP contribution is -2.29. The molecule has 0 unspecified atom stereocenters. The lowest BCUT2D eigenvalue weighted by atomic mass is 9.95. The van der Waals surface area contributed by atoms with Gasteiger partial charge in [-0.25, -0.2) is 4.98 Å². The first kappa shape index (κ1) is 25.7. The quantitative estimate of drug-likeness (QED) is 0.257. The summed E-state index contributed by atoms with van der Waals surface area (Å²) in [4.78, 5) is 18.2. The van der Waals surface area contributed by atoms with E-state index in [0.717, 1.165) is 15.6 Å². The molecule has 3 rings (SSSR count). The third kappa shape index (κ3) is 5.76. The number of benzene rings is 2. The van der Waals surface area contributed by atoms with Gasteiger partial charge < -0.3 is 9.47 Å². The van der Waals surface area contributed by atoms with Crippen molar-refractivity contribution in [1.29, 1.82) is 0 Å². The molecule has 0 aliphatic carbocycles. The molecule has 180 valence electrons. The Balaban J connectivity index is 2.19. The number of nitrogens with zero attached hydrogens (tertiary/aromatic N) is 3. The first-order chi connectivity index (χ1) is 16.0. The largest absolute Gasteiger partial charge is 0.490 e. The van der Waals surface area contributed by atoms with Crippen LogP contribution in [0.3, 0.4) is 0 Å². The maximum absolute atomic E-state index is 13.4. The van der Waals surface area contributed by atoms with Crippen LogP contribution in [0.5, 0.6) is 11.5 Å². The molecule has 2 aromatic carbocycles. The zero-order chi connectivity index (χ0) is 25.0. The molecule has 0 aliphatic rings. The van der Waals surface area contributed by atoms with E-state index < -0.39 is 5.41 Å². The fourth-order valence-corrected chi connectivity index (χ4v) is 3.92. The summed E-state index contributed by atoms with van der Waals surface area (Å²) < 4.78 is 14.1. The van der Waals surface area contributed by atoms with Crippen molar-refractivity contribution in [2.45, 2.75) is 59.5 Å². The summed E-state index contributed by atoms with van der Waals surface area (Å²) in [7, 11) is 0. The molecule has 0 bridgehead atoms. The van der Waals surface area contributed by atoms with Crippen molar-refractivity contribution >= 4 is 33.0 Å². The number of allylic oxidation sites excluding steroid dienone is 1. The van der Waals surface area contributed by atoms with Crippen LogP contribution in [0, 0.1) is 0 Å². The molecule has 34 heavy (non-hydrogen) atoms. The van der Waals surface area contributed by atoms with Gasteiger partial charge in [0.1, 0.15) is 5.82 Å². The lowest BCUT2D eigenvalue weighted by Gasteiger charge is -2.21. The van der Waals surface area contributed by atoms with Crippen LogP contribution in [0.2, 0.25) is 0 Å². The smallest absolute Gasteiger partial charge is 0.282 e. The van der Waals surface area contributed by atoms with Gasteiger partial charge in [-0.3, -0.25) is 4.79 Å². The molecule has 0 atom stereocenters. The van der Waals surface area contributed by atoms with Crippen LogP contribution >= 0.6 is 15.9 Å². The number of aromatic nitrogens is 2. The van der Waals surface area contributed by atoms with E-state index in [-0.39, 0.29) is 11.7 Å². The highest BCUT2D eigenvalue weighted by molar-refractivity contribution is 9.10. The number of fused-ring (bicyclic) bond motifs is 1. The monoisotopic (exact) mass is 525 g/mol. The summed E-state index contributed by atoms with van der Waals surface area (Å²) >= 11 is 3.45. The lowest BCUT2D eigenvalue weighted by molar-refractivity contribution is 0.222. The molecule has 0 fully saturated rings. The molecule has 0 radical (unpaired) electrons. The van der Waals surface area contributed by atoms with E-state index in [4.69, 9.17) is 14.5 Å². The van der Waals surface area contributed by atoms with Crippen molar-refractivity contribution in [1.82, 2.24) is 9.66 Å². The molecular formula is C27H32BrN3O3. The van der Waals surface area contributed by atoms with Gasteiger partial charge in [0.25, 0.3) is 5.56 Å². The molecule has 1 aromatic heterocycles. The van der Waals surface area contributed by atoms with Gasteiger partial charge in [0.05, 0.1) is 29.8 Å². The van der Waals surface area contributed by atoms with E-state index >= 15 is 0 Å². The number of ether oxygens (including phenoxy) is 2. The van der Waals surface area contributed by atoms with E-state index in [2.05, 4.69) is 27.6 Å². The first-order valence-electron chi connectivity index (χ1n) is 11.4. The second-order valence-electron chi connectivity index (χ2n) is 9.31. The Morgan fingerprint density at radius 2 is 1.97 bits per heavy atom. The second-order valence-corrected chi connectivity index (χ2v) is 10.2. The minimum atomic E-state index is -0.392. The summed E-state index contributed by atoms with van der Waals surface area (Å²) in [5.41, 5.74) is 1.77. The zero-order valence-corrected chi connectivity index (χ0v) is 22.3. The number of hydrogen-bond donors (Lipinski definition) is 0. The molecule has 3 aromatic rings. The maximum Gasteiger partial charge on any atom is 0.282 e. The predicted molar refractivity (Wildman–Crippen MR) is 143 cm³/mol. The van der Waals surface area contributed by atoms with Gasteiger partial charge in [0, 0.05) is 15.5 Å². The van der Waals surface area contributed by atoms with Crippen LogP contribution in [0.4, 0.5) is 0 Å². The Bertz CT molecular complexity index is 1290. The van der Waals surface area contributed by atoms with Crippen molar-refractivity contribution in [3.05, 3.63) is 74.8 Å². The maximum atomic E-state index is 13.4. The molecule has 0 aliphatic heterocycles. The zero-order valence-electron chi connectivity index (χ0n) is 20.7. The number of halogens is 1. The summed E-state index contributed by atoms with van der Waals surface area (Å²) in [6.07, 6.45) is 4.10. The van der Waals surface area contributed by atoms with Gasteiger partial charge in [-0.1, -0.05) is 42.8 Å². The highest BCUT2D eigenvalue weighted by Gasteiger charge is 2.23. The fraction of sp³-hybridized carbons (Fsp3) is 0.370. The average Bonchev–Trinajstić information content (AvgIpc) is 2.75. The highest BCUT2D eigenvalue weighted by atomic mass is 79.9. The Hall–Kier alpha value is -2.93. The van der Waals surface area contributed by atoms with Gasteiger partial charge >= 0.3 is 0 Å². The molecule has 0 amide bonds. The third-order valence-electron chi connectivity index (χ3n) is 4.97. The van der Waals surface area contributed by atoms with Gasteiger partial charge in [-0.2, -0.15) is 9.78 Å². The van der Waals surface area contributed by atoms with Crippen molar-refractivity contribution in [2.24, 2.45) is 5.10 Å². The fourth-order valence-electron chi connectivity index (χ4n) is 3.56. The topological polar surface area (TPSA) is 65.7 Å². The summed E-state index contributed by atoms with van der Waals surface area (Å²) in [5.74, 6) is 1.93. The molecule has 0 saturated carbocycles. The minimum Gasteiger partial charge on any atom is -0.490 e. The van der Waals surface area contributed by atoms with Gasteiger partial charge in [0.15, 0.2) is 11.5 Å². The van der Waals surface area contributed by atoms with Crippen LogP contribution in [0.1, 0.15) is 58.5 Å². The van der Waals surface area contributed by atoms with Gasteiger partial charge in [-0.05, 0) is 63.1 Å². The van der Waals surface area contributed by atoms with Crippen LogP contribution in [-0.4, -0.2) is 28.6 Å². The third-order valence-corrected chi connectivity index (χ3v) is 5.47. The first-order valence-corrected chi connectivity index (χ1v) is 12.2. The highest BCUT2D eigenvalue weighted by Crippen LogP contribution is 2.34. The van der Waals surface area contributed by atoms with Gasteiger partial charge in [0.2, 0.25) is 0 Å². The second kappa shape index (κ2) is 10.6. The van der Waals surface area contributed by atoms with E-state index in [1.165, 1.54) is 4.68 Å². The van der Waals surface area contributed by atoms with Crippen molar-refractivity contribution in [2.75, 3.05) is 6.61 Å². The standard InChI is InChI=1S/C27H32BrN3O3/c1-8-10-19-13-18(14-23(33-9-2)24(19)34-17(3)4)16-29-31-25(32)21-15-20(28)11-12-22(21)30-26(31)27(5,6)7/h8,11-17H,1,9-10H2,2-7H3. The molecular weight excluding hydrogens is 494 g/mol. The Morgan fingerprint density at radius 3 is 2.59 bits per heavy atom. The molecule has 1 heterocycles. The molecule has 0 spiro atoms. The Morgan fingerprint density at radius 1 is 1.24 bits per heavy atom. The Labute approximate surface area is 209 Å². The normalized spacial score (nSPS) is 12.0.